The molecule has 0 saturated carbocycles. The molecular weight excluding hydrogens is 380 g/mol. The van der Waals surface area contributed by atoms with Crippen LogP contribution in [0.5, 0.6) is 0 Å². The van der Waals surface area contributed by atoms with Gasteiger partial charge < -0.3 is 0 Å². The van der Waals surface area contributed by atoms with Crippen molar-refractivity contribution >= 4 is 17.0 Å². The lowest BCUT2D eigenvalue weighted by Crippen LogP contribution is -2.01. The van der Waals surface area contributed by atoms with E-state index in [0.29, 0.717) is 5.56 Å². The highest BCUT2D eigenvalue weighted by atomic mass is 16.1. The van der Waals surface area contributed by atoms with Crippen LogP contribution in [-0.4, -0.2) is 15.2 Å². The van der Waals surface area contributed by atoms with Gasteiger partial charge in [-0.1, -0.05) is 97.1 Å². The summed E-state index contributed by atoms with van der Waals surface area (Å²) in [5.41, 5.74) is 6.06. The summed E-state index contributed by atoms with van der Waals surface area (Å²) >= 11 is 0. The third-order valence-electron chi connectivity index (χ3n) is 5.25. The first-order valence-corrected chi connectivity index (χ1v) is 10.2. The zero-order valence-corrected chi connectivity index (χ0v) is 16.8. The van der Waals surface area contributed by atoms with Crippen LogP contribution in [0.2, 0.25) is 0 Å². The fourth-order valence-corrected chi connectivity index (χ4v) is 3.77. The number of benzene rings is 3. The van der Waals surface area contributed by atoms with Gasteiger partial charge in [0, 0.05) is 22.9 Å². The van der Waals surface area contributed by atoms with Crippen molar-refractivity contribution in [3.8, 4) is 11.3 Å². The van der Waals surface area contributed by atoms with Crippen LogP contribution in [0.1, 0.15) is 21.6 Å². The molecule has 0 spiro atoms. The second kappa shape index (κ2) is 8.25. The number of pyridine rings is 1. The van der Waals surface area contributed by atoms with E-state index in [1.165, 1.54) is 0 Å². The molecule has 3 heteroatoms. The van der Waals surface area contributed by atoms with E-state index in [0.717, 1.165) is 33.7 Å². The molecule has 5 aromatic rings. The van der Waals surface area contributed by atoms with Crippen molar-refractivity contribution in [2.24, 2.45) is 0 Å². The summed E-state index contributed by atoms with van der Waals surface area (Å²) in [7, 11) is 0. The van der Waals surface area contributed by atoms with Crippen LogP contribution < -0.4 is 0 Å². The molecule has 0 aliphatic rings. The van der Waals surface area contributed by atoms with E-state index in [4.69, 9.17) is 4.98 Å². The van der Waals surface area contributed by atoms with Gasteiger partial charge in [-0.2, -0.15) is 0 Å². The monoisotopic (exact) mass is 400 g/mol. The van der Waals surface area contributed by atoms with Crippen molar-refractivity contribution in [1.29, 1.82) is 0 Å². The molecule has 0 aliphatic carbocycles. The van der Waals surface area contributed by atoms with Crippen molar-refractivity contribution in [2.45, 2.75) is 0 Å². The average Bonchev–Trinajstić information content (AvgIpc) is 3.23. The van der Waals surface area contributed by atoms with Crippen LogP contribution >= 0.6 is 0 Å². The maximum Gasteiger partial charge on any atom is 0.186 e. The molecule has 0 unspecified atom stereocenters. The number of rotatable bonds is 5. The fraction of sp³-hybridized carbons (Fsp3) is 0. The number of nitrogens with zero attached hydrogens (tertiary/aromatic N) is 2. The highest BCUT2D eigenvalue weighted by Gasteiger charge is 2.20. The Morgan fingerprint density at radius 2 is 1.26 bits per heavy atom. The van der Waals surface area contributed by atoms with E-state index >= 15 is 0 Å². The van der Waals surface area contributed by atoms with E-state index in [1.54, 1.807) is 6.08 Å². The topological polar surface area (TPSA) is 34.4 Å². The number of hydrogen-bond acceptors (Lipinski definition) is 2. The molecule has 0 saturated heterocycles. The Morgan fingerprint density at radius 1 is 0.677 bits per heavy atom. The van der Waals surface area contributed by atoms with Crippen LogP contribution in [-0.2, 0) is 0 Å². The van der Waals surface area contributed by atoms with Gasteiger partial charge in [0.1, 0.15) is 5.65 Å². The van der Waals surface area contributed by atoms with E-state index < -0.39 is 0 Å². The number of ketones is 1. The summed E-state index contributed by atoms with van der Waals surface area (Å²) < 4.78 is 2.06. The van der Waals surface area contributed by atoms with Crippen LogP contribution in [0.3, 0.4) is 0 Å². The van der Waals surface area contributed by atoms with Gasteiger partial charge in [-0.15, -0.1) is 0 Å². The quantitative estimate of drug-likeness (QED) is 0.256. The van der Waals surface area contributed by atoms with Gasteiger partial charge in [-0.3, -0.25) is 9.20 Å². The first kappa shape index (κ1) is 18.8. The highest BCUT2D eigenvalue weighted by Crippen LogP contribution is 2.33. The standard InChI is InChI=1S/C28H20N2O/c31-25(22-14-6-2-7-15-22)20-24(21-12-4-1-5-13-21)28-27(23-16-8-3-9-17-23)29-26-18-10-11-19-30(26)28/h1-20H/b24-20-. The highest BCUT2D eigenvalue weighted by molar-refractivity contribution is 6.11. The number of carbonyl (C=O) groups excluding carboxylic acids is 1. The molecule has 3 aromatic carbocycles. The molecular formula is C28H20N2O. The van der Waals surface area contributed by atoms with Crippen molar-refractivity contribution in [2.75, 3.05) is 0 Å². The molecule has 0 fully saturated rings. The molecule has 2 heterocycles. The maximum atomic E-state index is 13.2. The van der Waals surface area contributed by atoms with Crippen LogP contribution in [0.4, 0.5) is 0 Å². The SMILES string of the molecule is O=C(/C=C(/c1ccccc1)c1c(-c2ccccc2)nc2ccccn12)c1ccccc1. The first-order chi connectivity index (χ1) is 15.3. The summed E-state index contributed by atoms with van der Waals surface area (Å²) in [6.07, 6.45) is 3.72. The van der Waals surface area contributed by atoms with Crippen LogP contribution in [0.25, 0.3) is 22.5 Å². The Hall–Kier alpha value is -4.24. The second-order valence-corrected chi connectivity index (χ2v) is 7.26. The number of hydrogen-bond donors (Lipinski definition) is 0. The minimum atomic E-state index is -0.0376. The second-order valence-electron chi connectivity index (χ2n) is 7.26. The smallest absolute Gasteiger partial charge is 0.186 e. The summed E-state index contributed by atoms with van der Waals surface area (Å²) in [5, 5.41) is 0. The number of allylic oxidation sites excluding steroid dienone is 1. The molecule has 3 nitrogen and oxygen atoms in total. The minimum absolute atomic E-state index is 0.0376. The largest absolute Gasteiger partial charge is 0.299 e. The molecule has 0 bridgehead atoms. The van der Waals surface area contributed by atoms with Gasteiger partial charge in [0.2, 0.25) is 0 Å². The van der Waals surface area contributed by atoms with Gasteiger partial charge in [-0.25, -0.2) is 4.98 Å². The van der Waals surface area contributed by atoms with Gasteiger partial charge >= 0.3 is 0 Å². The molecule has 5 rings (SSSR count). The van der Waals surface area contributed by atoms with Crippen molar-refractivity contribution in [3.05, 3.63) is 138 Å². The molecule has 0 radical (unpaired) electrons. The lowest BCUT2D eigenvalue weighted by Gasteiger charge is -2.11. The molecule has 2 aromatic heterocycles. The predicted octanol–water partition coefficient (Wildman–Crippen LogP) is 6.32. The average molecular weight is 400 g/mol. The Morgan fingerprint density at radius 3 is 1.94 bits per heavy atom. The molecule has 31 heavy (non-hydrogen) atoms. The van der Waals surface area contributed by atoms with E-state index in [2.05, 4.69) is 4.40 Å². The zero-order chi connectivity index (χ0) is 21.0. The Balaban J connectivity index is 1.79. The molecule has 148 valence electrons. The Labute approximate surface area is 181 Å². The van der Waals surface area contributed by atoms with E-state index in [9.17, 15) is 4.79 Å². The third-order valence-corrected chi connectivity index (χ3v) is 5.25. The lowest BCUT2D eigenvalue weighted by atomic mass is 9.96. The minimum Gasteiger partial charge on any atom is -0.299 e. The van der Waals surface area contributed by atoms with E-state index in [1.807, 2.05) is 115 Å². The van der Waals surface area contributed by atoms with Crippen LogP contribution in [0, 0.1) is 0 Å². The number of imidazole rings is 1. The maximum absolute atomic E-state index is 13.2. The Kier molecular flexibility index (Phi) is 4.99. The normalized spacial score (nSPS) is 11.5. The van der Waals surface area contributed by atoms with Gasteiger partial charge in [0.05, 0.1) is 11.4 Å². The number of aromatic nitrogens is 2. The predicted molar refractivity (Wildman–Crippen MR) is 125 cm³/mol. The van der Waals surface area contributed by atoms with Crippen LogP contribution in [0.15, 0.2) is 121 Å². The van der Waals surface area contributed by atoms with Crippen molar-refractivity contribution in [3.63, 3.8) is 0 Å². The summed E-state index contributed by atoms with van der Waals surface area (Å²) in [6, 6.07) is 35.4. The molecule has 0 aliphatic heterocycles. The number of carbonyl (C=O) groups is 1. The Bertz CT molecular complexity index is 1370. The van der Waals surface area contributed by atoms with Gasteiger partial charge in [0.25, 0.3) is 0 Å². The van der Waals surface area contributed by atoms with Gasteiger partial charge in [0.15, 0.2) is 5.78 Å². The fourth-order valence-electron chi connectivity index (χ4n) is 3.77. The van der Waals surface area contributed by atoms with Crippen molar-refractivity contribution < 1.29 is 4.79 Å². The molecule has 0 amide bonds. The number of fused-ring (bicyclic) bond motifs is 1. The summed E-state index contributed by atoms with van der Waals surface area (Å²) in [5.74, 6) is -0.0376. The molecule has 0 N–H and O–H groups in total. The lowest BCUT2D eigenvalue weighted by molar-refractivity contribution is 0.104. The van der Waals surface area contributed by atoms with E-state index in [-0.39, 0.29) is 5.78 Å². The van der Waals surface area contributed by atoms with Crippen molar-refractivity contribution in [1.82, 2.24) is 9.38 Å². The molecule has 0 atom stereocenters. The summed E-state index contributed by atoms with van der Waals surface area (Å²) in [6.45, 7) is 0. The summed E-state index contributed by atoms with van der Waals surface area (Å²) in [4.78, 5) is 18.1. The van der Waals surface area contributed by atoms with Gasteiger partial charge in [-0.05, 0) is 23.8 Å². The zero-order valence-electron chi connectivity index (χ0n) is 16.8. The first-order valence-electron chi connectivity index (χ1n) is 10.2. The third kappa shape index (κ3) is 3.69.